The number of Topliss-reactive ketones (excluding diaryl/α,β-unsaturated/α-hetero) is 2. The van der Waals surface area contributed by atoms with E-state index in [4.69, 9.17) is 43.6 Å². The number of esters is 1. The quantitative estimate of drug-likeness (QED) is 0.0617. The fourth-order valence-electron chi connectivity index (χ4n) is 12.8. The summed E-state index contributed by atoms with van der Waals surface area (Å²) in [6.45, 7) is 16.9. The smallest absolute Gasteiger partial charge is 0.407 e. The predicted molar refractivity (Wildman–Crippen MR) is 329 cm³/mol. The molecule has 2 bridgehead atoms. The van der Waals surface area contributed by atoms with Crippen molar-refractivity contribution in [3.8, 4) is 0 Å². The molecule has 4 aliphatic heterocycles. The van der Waals surface area contributed by atoms with Crippen molar-refractivity contribution in [1.82, 2.24) is 25.1 Å². The van der Waals surface area contributed by atoms with Crippen molar-refractivity contribution in [2.24, 2.45) is 35.3 Å². The number of piperazine rings is 1. The lowest BCUT2D eigenvalue weighted by atomic mass is 9.80. The number of carbonyl (C=O) groups excluding carboxylic acids is 5. The third-order valence-corrected chi connectivity index (χ3v) is 18.4. The standard InChI is InChI=1S/C65H103N7O16/c1-41-16-12-11-13-17-42(2)53(82-8)36-49-21-19-46(6)65(80,88-49)60(76)61(77)72-23-15-14-18-51(72)62(78)86-55(37-54(83-9)43(3)33-45(5)58(74)59(75)57(73)44(4)32-41)50(66)34-47-20-22-52(56(35-47)84-10)87-64(79)69-40-48-38-67-63(68-39-48)71-26-24-70(25-27-71)28-29-85-31-30-81-7/h11-13,16-17,33,38-39,41,43-44,46-47,49-56,58-59,74-75,80H,14-15,18-32,34-37,40,66H2,1-10H3,(H,69,79)/b13-11+,16-12+,42-17+,45-33+/t41-,43-,44-,46-,47+,49+,50-,51+,52-,53+,54-,55+,56-,58-,59+,65-/m1/s1. The monoisotopic (exact) mass is 1240 g/mol. The Morgan fingerprint density at radius 3 is 2.22 bits per heavy atom. The molecule has 4 fully saturated rings. The average molecular weight is 1240 g/mol. The van der Waals surface area contributed by atoms with Crippen molar-refractivity contribution >= 4 is 35.5 Å². The summed E-state index contributed by atoms with van der Waals surface area (Å²) in [5.74, 6) is -7.23. The number of alkyl carbamates (subject to hydrolysis) is 1. The molecule has 5 aliphatic rings. The van der Waals surface area contributed by atoms with E-state index < -0.39 is 114 Å². The Bertz CT molecular complexity index is 2510. The highest BCUT2D eigenvalue weighted by Crippen LogP contribution is 2.38. The average Bonchev–Trinajstić information content (AvgIpc) is 2.82. The number of anilines is 1. The van der Waals surface area contributed by atoms with Crippen LogP contribution < -0.4 is 16.0 Å². The lowest BCUT2D eigenvalue weighted by Crippen LogP contribution is -2.61. The van der Waals surface area contributed by atoms with Crippen molar-refractivity contribution in [3.05, 3.63) is 65.6 Å². The molecule has 0 spiro atoms. The zero-order valence-corrected chi connectivity index (χ0v) is 53.8. The zero-order valence-electron chi connectivity index (χ0n) is 53.8. The summed E-state index contributed by atoms with van der Waals surface area (Å²) in [5, 5.41) is 37.6. The van der Waals surface area contributed by atoms with Crippen LogP contribution in [0.5, 0.6) is 0 Å². The molecule has 0 aromatic carbocycles. The Morgan fingerprint density at radius 2 is 1.52 bits per heavy atom. The maximum Gasteiger partial charge on any atom is 0.407 e. The highest BCUT2D eigenvalue weighted by molar-refractivity contribution is 6.39. The summed E-state index contributed by atoms with van der Waals surface area (Å²) in [4.78, 5) is 85.4. The first kappa shape index (κ1) is 72.0. The number of aromatic nitrogens is 2. The summed E-state index contributed by atoms with van der Waals surface area (Å²) in [6.07, 6.45) is 11.6. The molecule has 1 saturated carbocycles. The highest BCUT2D eigenvalue weighted by Gasteiger charge is 2.53. The summed E-state index contributed by atoms with van der Waals surface area (Å²) < 4.78 is 47.1. The van der Waals surface area contributed by atoms with Crippen LogP contribution in [0.1, 0.15) is 124 Å². The van der Waals surface area contributed by atoms with Crippen LogP contribution in [0.3, 0.4) is 0 Å². The molecule has 16 atom stereocenters. The number of amides is 2. The molecule has 1 aromatic rings. The number of nitrogens with zero attached hydrogens (tertiary/aromatic N) is 5. The summed E-state index contributed by atoms with van der Waals surface area (Å²) in [6, 6.07) is -2.00. The van der Waals surface area contributed by atoms with Crippen LogP contribution in [0, 0.1) is 29.6 Å². The molecule has 6 N–H and O–H groups in total. The Labute approximate surface area is 521 Å². The van der Waals surface area contributed by atoms with E-state index in [9.17, 15) is 39.3 Å². The summed E-state index contributed by atoms with van der Waals surface area (Å²) in [5.41, 5.74) is 9.06. The second-order valence-corrected chi connectivity index (χ2v) is 25.0. The number of ketones is 2. The summed E-state index contributed by atoms with van der Waals surface area (Å²) in [7, 11) is 6.29. The molecule has 494 valence electrons. The van der Waals surface area contributed by atoms with Gasteiger partial charge in [-0.25, -0.2) is 19.6 Å². The van der Waals surface area contributed by atoms with E-state index in [-0.39, 0.29) is 37.8 Å². The minimum atomic E-state index is -2.47. The van der Waals surface area contributed by atoms with Crippen LogP contribution in [0.25, 0.3) is 0 Å². The first-order chi connectivity index (χ1) is 42.1. The number of nitrogens with one attached hydrogen (secondary N) is 1. The van der Waals surface area contributed by atoms with Gasteiger partial charge >= 0.3 is 12.1 Å². The number of hydrogen-bond donors (Lipinski definition) is 5. The van der Waals surface area contributed by atoms with E-state index in [1.165, 1.54) is 12.0 Å². The third kappa shape index (κ3) is 20.5. The van der Waals surface area contributed by atoms with Crippen LogP contribution in [0.2, 0.25) is 0 Å². The van der Waals surface area contributed by atoms with Crippen molar-refractivity contribution in [2.45, 2.75) is 192 Å². The number of ether oxygens (including phenoxy) is 8. The molecule has 23 nitrogen and oxygen atoms in total. The molecule has 1 aliphatic carbocycles. The molecular formula is C65H103N7O16. The van der Waals surface area contributed by atoms with Crippen molar-refractivity contribution in [1.29, 1.82) is 0 Å². The molecular weight excluding hydrogens is 1130 g/mol. The van der Waals surface area contributed by atoms with Gasteiger partial charge in [-0.15, -0.1) is 0 Å². The van der Waals surface area contributed by atoms with E-state index in [0.717, 1.165) is 38.3 Å². The normalized spacial score (nSPS) is 34.9. The lowest BCUT2D eigenvalue weighted by molar-refractivity contribution is -0.265. The molecule has 0 unspecified atom stereocenters. The largest absolute Gasteiger partial charge is 0.459 e. The molecule has 88 heavy (non-hydrogen) atoms. The number of aliphatic hydroxyl groups is 3. The number of allylic oxidation sites excluding steroid dienone is 5. The molecule has 0 radical (unpaired) electrons. The fraction of sp³-hybridized carbons (Fsp3) is 0.738. The van der Waals surface area contributed by atoms with Crippen molar-refractivity contribution < 1.29 is 77.2 Å². The predicted octanol–water partition coefficient (Wildman–Crippen LogP) is 5.17. The maximum atomic E-state index is 14.8. The maximum absolute atomic E-state index is 14.8. The van der Waals surface area contributed by atoms with Crippen molar-refractivity contribution in [2.75, 3.05) is 92.4 Å². The van der Waals surface area contributed by atoms with Gasteiger partial charge in [0.2, 0.25) is 11.7 Å². The van der Waals surface area contributed by atoms with Gasteiger partial charge in [0.25, 0.3) is 11.7 Å². The van der Waals surface area contributed by atoms with Crippen LogP contribution >= 0.6 is 0 Å². The highest BCUT2D eigenvalue weighted by atomic mass is 16.6. The Morgan fingerprint density at radius 1 is 0.795 bits per heavy atom. The Hall–Kier alpha value is -5.05. The van der Waals surface area contributed by atoms with Gasteiger partial charge in [0, 0.05) is 129 Å². The van der Waals surface area contributed by atoms with Crippen molar-refractivity contribution in [3.63, 3.8) is 0 Å². The van der Waals surface area contributed by atoms with Crippen LogP contribution in [-0.2, 0) is 63.6 Å². The Kier molecular flexibility index (Phi) is 29.1. The van der Waals surface area contributed by atoms with Gasteiger partial charge in [-0.05, 0) is 101 Å². The number of fused-ring (bicyclic) bond motifs is 3. The number of carbonyl (C=O) groups is 5. The second kappa shape index (κ2) is 35.5. The number of piperidine rings is 1. The lowest BCUT2D eigenvalue weighted by Gasteiger charge is -2.43. The fourth-order valence-corrected chi connectivity index (χ4v) is 12.8. The number of nitrogens with two attached hydrogens (primary N) is 1. The topological polar surface area (TPSA) is 293 Å². The molecule has 1 aromatic heterocycles. The van der Waals surface area contributed by atoms with E-state index in [2.05, 4.69) is 25.1 Å². The minimum absolute atomic E-state index is 0.0449. The van der Waals surface area contributed by atoms with Gasteiger partial charge in [0.05, 0.1) is 44.2 Å². The van der Waals surface area contributed by atoms with E-state index in [1.54, 1.807) is 60.6 Å². The van der Waals surface area contributed by atoms with Gasteiger partial charge in [-0.3, -0.25) is 19.3 Å². The Balaban J connectivity index is 1.15. The first-order valence-electron chi connectivity index (χ1n) is 31.8. The molecule has 3 saturated heterocycles. The molecule has 2 amide bonds. The first-order valence-corrected chi connectivity index (χ1v) is 31.8. The SMILES string of the molecule is COCCOCCN1CCN(c2ncc(CNC(=O)O[C@@H]3CC[C@@H](C[C@@H](N)[C@@H]4C[C@@H](OC)[C@H](C)/C=C(\C)[C@@H](O)[C@@H](O)C(=O)[C@H](C)C[C@H](C)/C=C/C=C/C=C(\C)[C@@H](OC)C[C@@H]5CC[C@@H](C)[C@@](O)(O5)C(=O)C(=O)N5CCCC[C@H]5C(=O)O4)C[C@H]3OC)cn2)CC1. The van der Waals surface area contributed by atoms with Gasteiger partial charge in [0.15, 0.2) is 5.78 Å². The van der Waals surface area contributed by atoms with Gasteiger partial charge < -0.3 is 74.1 Å². The third-order valence-electron chi connectivity index (χ3n) is 18.4. The number of methoxy groups -OCH3 is 4. The van der Waals surface area contributed by atoms with Crippen LogP contribution in [0.15, 0.2) is 60.0 Å². The number of hydrogen-bond acceptors (Lipinski definition) is 21. The van der Waals surface area contributed by atoms with Gasteiger partial charge in [-0.2, -0.15) is 0 Å². The molecule has 6 rings (SSSR count). The van der Waals surface area contributed by atoms with E-state index in [0.29, 0.717) is 101 Å². The molecule has 5 heterocycles. The van der Waals surface area contributed by atoms with E-state index in [1.807, 2.05) is 51.2 Å². The van der Waals surface area contributed by atoms with E-state index >= 15 is 0 Å². The van der Waals surface area contributed by atoms with Crippen LogP contribution in [-0.4, -0.2) is 219 Å². The molecule has 23 heteroatoms. The zero-order chi connectivity index (χ0) is 64.1. The number of cyclic esters (lactones) is 1. The number of rotatable bonds is 16. The number of aliphatic hydroxyl groups excluding tert-OH is 2. The van der Waals surface area contributed by atoms with Gasteiger partial charge in [-0.1, -0.05) is 64.2 Å². The minimum Gasteiger partial charge on any atom is -0.459 e. The van der Waals surface area contributed by atoms with Crippen LogP contribution in [0.4, 0.5) is 10.7 Å². The summed E-state index contributed by atoms with van der Waals surface area (Å²) >= 11 is 0. The second-order valence-electron chi connectivity index (χ2n) is 25.0. The van der Waals surface area contributed by atoms with Gasteiger partial charge in [0.1, 0.15) is 30.5 Å².